The first-order valence-electron chi connectivity index (χ1n) is 10.5. The molecule has 1 aliphatic carbocycles. The molecule has 2 aliphatic rings. The monoisotopic (exact) mass is 432 g/mol. The van der Waals surface area contributed by atoms with E-state index in [1.165, 1.54) is 19.9 Å². The van der Waals surface area contributed by atoms with Gasteiger partial charge in [-0.05, 0) is 44.4 Å². The van der Waals surface area contributed by atoms with Gasteiger partial charge in [-0.1, -0.05) is 23.8 Å². The van der Waals surface area contributed by atoms with Crippen molar-refractivity contribution >= 4 is 17.9 Å². The molecule has 1 fully saturated rings. The minimum absolute atomic E-state index is 0.0842. The van der Waals surface area contributed by atoms with Crippen molar-refractivity contribution in [1.82, 2.24) is 0 Å². The summed E-state index contributed by atoms with van der Waals surface area (Å²) in [7, 11) is 0. The van der Waals surface area contributed by atoms with E-state index in [-0.39, 0.29) is 25.0 Å². The van der Waals surface area contributed by atoms with Crippen LogP contribution in [0.15, 0.2) is 47.1 Å². The highest BCUT2D eigenvalue weighted by molar-refractivity contribution is 5.90. The summed E-state index contributed by atoms with van der Waals surface area (Å²) in [6.45, 7) is 10.9. The van der Waals surface area contributed by atoms with E-state index in [9.17, 15) is 19.5 Å². The second kappa shape index (κ2) is 11.1. The Morgan fingerprint density at radius 1 is 1.26 bits per heavy atom. The predicted molar refractivity (Wildman–Crippen MR) is 115 cm³/mol. The summed E-state index contributed by atoms with van der Waals surface area (Å²) in [6.07, 6.45) is 5.03. The van der Waals surface area contributed by atoms with Gasteiger partial charge in [0.1, 0.15) is 12.7 Å². The van der Waals surface area contributed by atoms with Crippen molar-refractivity contribution in [3.8, 4) is 0 Å². The van der Waals surface area contributed by atoms with Gasteiger partial charge in [-0.15, -0.1) is 0 Å². The summed E-state index contributed by atoms with van der Waals surface area (Å²) < 4.78 is 16.0. The quantitative estimate of drug-likeness (QED) is 0.308. The fourth-order valence-electron chi connectivity index (χ4n) is 4.02. The first-order valence-corrected chi connectivity index (χ1v) is 10.5. The highest BCUT2D eigenvalue weighted by Gasteiger charge is 2.38. The van der Waals surface area contributed by atoms with E-state index in [2.05, 4.69) is 6.58 Å². The van der Waals surface area contributed by atoms with Gasteiger partial charge in [0, 0.05) is 37.7 Å². The van der Waals surface area contributed by atoms with Crippen molar-refractivity contribution in [3.63, 3.8) is 0 Å². The molecule has 0 amide bonds. The lowest BCUT2D eigenvalue weighted by Crippen LogP contribution is -2.35. The zero-order valence-electron chi connectivity index (χ0n) is 18.7. The predicted octanol–water partition coefficient (Wildman–Crippen LogP) is 3.19. The van der Waals surface area contributed by atoms with Crippen LogP contribution >= 0.6 is 0 Å². The lowest BCUT2D eigenvalue weighted by Gasteiger charge is -2.34. The number of hydrogen-bond acceptors (Lipinski definition) is 7. The highest BCUT2D eigenvalue weighted by Crippen LogP contribution is 2.39. The zero-order valence-corrected chi connectivity index (χ0v) is 18.7. The van der Waals surface area contributed by atoms with E-state index >= 15 is 0 Å². The van der Waals surface area contributed by atoms with Crippen LogP contribution < -0.4 is 0 Å². The van der Waals surface area contributed by atoms with E-state index in [0.29, 0.717) is 24.8 Å². The van der Waals surface area contributed by atoms with Crippen LogP contribution in [0.2, 0.25) is 0 Å². The average molecular weight is 433 g/mol. The number of allylic oxidation sites excluding steroid dienone is 1. The Bertz CT molecular complexity index is 814. The molecule has 1 N–H and O–H groups in total. The van der Waals surface area contributed by atoms with Gasteiger partial charge in [0.05, 0.1) is 12.7 Å². The molecule has 170 valence electrons. The molecule has 0 spiro atoms. The first kappa shape index (κ1) is 24.6. The molecule has 0 aromatic heterocycles. The highest BCUT2D eigenvalue weighted by atomic mass is 16.5. The Hall–Kier alpha value is -2.67. The third-order valence-corrected chi connectivity index (χ3v) is 5.33. The Kier molecular flexibility index (Phi) is 8.80. The van der Waals surface area contributed by atoms with Crippen molar-refractivity contribution in [2.24, 2.45) is 11.8 Å². The second-order valence-electron chi connectivity index (χ2n) is 8.32. The molecule has 1 saturated heterocycles. The second-order valence-corrected chi connectivity index (χ2v) is 8.32. The molecule has 0 aromatic rings. The van der Waals surface area contributed by atoms with Crippen LogP contribution in [0.5, 0.6) is 0 Å². The van der Waals surface area contributed by atoms with Crippen molar-refractivity contribution in [2.45, 2.75) is 59.2 Å². The van der Waals surface area contributed by atoms with Crippen LogP contribution in [0.3, 0.4) is 0 Å². The number of cyclic esters (lactones) is 1. The number of ether oxygens (including phenoxy) is 3. The molecule has 0 bridgehead atoms. The van der Waals surface area contributed by atoms with Gasteiger partial charge >= 0.3 is 17.9 Å². The number of carbonyl (C=O) groups is 3. The summed E-state index contributed by atoms with van der Waals surface area (Å²) >= 11 is 0. The summed E-state index contributed by atoms with van der Waals surface area (Å²) in [6, 6.07) is 0. The van der Waals surface area contributed by atoms with Gasteiger partial charge in [-0.3, -0.25) is 9.59 Å². The minimum Gasteiger partial charge on any atom is -0.462 e. The topological polar surface area (TPSA) is 99.1 Å². The number of aliphatic hydroxyl groups is 1. The van der Waals surface area contributed by atoms with Gasteiger partial charge in [-0.2, -0.15) is 0 Å². The van der Waals surface area contributed by atoms with E-state index in [0.717, 1.165) is 16.7 Å². The molecular weight excluding hydrogens is 400 g/mol. The number of carbonyl (C=O) groups excluding carboxylic acids is 3. The lowest BCUT2D eigenvalue weighted by molar-refractivity contribution is -0.145. The van der Waals surface area contributed by atoms with Crippen LogP contribution in [-0.2, 0) is 28.6 Å². The molecule has 0 saturated carbocycles. The van der Waals surface area contributed by atoms with E-state index in [1.54, 1.807) is 12.2 Å². The Morgan fingerprint density at radius 3 is 2.58 bits per heavy atom. The standard InChI is InChI=1S/C24H32O7/c1-14(2)8-19(27)11-22-21-7-6-18(12-29-16(4)25)10-20(31-17(5)26)9-15(3)23(21)13-30-24(22)28/h8,10-11,19-21,23,27H,3,6-7,9,12-13H2,1-2,4-5H3/b18-10+,22-11+/t19-,20-,21-,23+/m1/s1. The van der Waals surface area contributed by atoms with Crippen LogP contribution in [0.25, 0.3) is 0 Å². The molecule has 1 aliphatic heterocycles. The van der Waals surface area contributed by atoms with Crippen LogP contribution in [0.1, 0.15) is 47.0 Å². The Labute approximate surface area is 183 Å². The maximum atomic E-state index is 12.6. The van der Waals surface area contributed by atoms with E-state index in [1.807, 2.05) is 13.8 Å². The van der Waals surface area contributed by atoms with Crippen molar-refractivity contribution in [3.05, 3.63) is 47.1 Å². The molecule has 7 nitrogen and oxygen atoms in total. The summed E-state index contributed by atoms with van der Waals surface area (Å²) in [5.41, 5.74) is 2.95. The SMILES string of the molecule is C=C1C[C@@H](OC(C)=O)/C=C(/COC(C)=O)CC[C@@H]2/C(=C\[C@H](O)C=C(C)C)C(=O)OC[C@@H]12. The Balaban J connectivity index is 2.39. The molecule has 7 heteroatoms. The van der Waals surface area contributed by atoms with Gasteiger partial charge in [0.25, 0.3) is 0 Å². The van der Waals surface area contributed by atoms with Crippen molar-refractivity contribution in [1.29, 1.82) is 0 Å². The van der Waals surface area contributed by atoms with Crippen LogP contribution in [0, 0.1) is 11.8 Å². The molecule has 0 unspecified atom stereocenters. The van der Waals surface area contributed by atoms with Gasteiger partial charge in [0.15, 0.2) is 0 Å². The molecule has 2 rings (SSSR count). The number of hydrogen-bond donors (Lipinski definition) is 1. The maximum absolute atomic E-state index is 12.6. The normalized spacial score (nSPS) is 28.0. The fraction of sp³-hybridized carbons (Fsp3) is 0.542. The van der Waals surface area contributed by atoms with Crippen molar-refractivity contribution in [2.75, 3.05) is 13.2 Å². The molecular formula is C24H32O7. The van der Waals surface area contributed by atoms with Gasteiger partial charge in [0.2, 0.25) is 0 Å². The molecule has 0 radical (unpaired) electrons. The van der Waals surface area contributed by atoms with Gasteiger partial charge < -0.3 is 19.3 Å². The van der Waals surface area contributed by atoms with E-state index < -0.39 is 30.1 Å². The average Bonchev–Trinajstić information content (AvgIpc) is 2.69. The van der Waals surface area contributed by atoms with E-state index in [4.69, 9.17) is 14.2 Å². The third-order valence-electron chi connectivity index (χ3n) is 5.33. The first-order chi connectivity index (χ1) is 14.6. The van der Waals surface area contributed by atoms with Crippen LogP contribution in [0.4, 0.5) is 0 Å². The summed E-state index contributed by atoms with van der Waals surface area (Å²) in [5.74, 6) is -1.65. The molecule has 1 heterocycles. The van der Waals surface area contributed by atoms with Crippen molar-refractivity contribution < 1.29 is 33.7 Å². The zero-order chi connectivity index (χ0) is 23.1. The molecule has 0 aromatic carbocycles. The maximum Gasteiger partial charge on any atom is 0.334 e. The van der Waals surface area contributed by atoms with Gasteiger partial charge in [-0.25, -0.2) is 4.79 Å². The molecule has 31 heavy (non-hydrogen) atoms. The minimum atomic E-state index is -0.906. The number of esters is 3. The third kappa shape index (κ3) is 7.51. The summed E-state index contributed by atoms with van der Waals surface area (Å²) in [5, 5.41) is 10.4. The smallest absolute Gasteiger partial charge is 0.334 e. The number of fused-ring (bicyclic) bond motifs is 1. The lowest BCUT2D eigenvalue weighted by atomic mass is 9.76. The summed E-state index contributed by atoms with van der Waals surface area (Å²) in [4.78, 5) is 35.4. The number of aliphatic hydroxyl groups excluding tert-OH is 1. The fourth-order valence-corrected chi connectivity index (χ4v) is 4.02. The largest absolute Gasteiger partial charge is 0.462 e. The Morgan fingerprint density at radius 2 is 1.97 bits per heavy atom. The number of rotatable bonds is 5. The molecule has 4 atom stereocenters. The van der Waals surface area contributed by atoms with Crippen LogP contribution in [-0.4, -0.2) is 48.4 Å².